The summed E-state index contributed by atoms with van der Waals surface area (Å²) in [5.74, 6) is -3.03. The van der Waals surface area contributed by atoms with Crippen LogP contribution in [-0.4, -0.2) is 22.5 Å². The minimum Gasteiger partial charge on any atom is -0.466 e. The van der Waals surface area contributed by atoms with E-state index in [1.165, 1.54) is 12.1 Å². The molecule has 0 spiro atoms. The molecule has 1 aromatic heterocycles. The Hall–Kier alpha value is -2.73. The zero-order chi connectivity index (χ0) is 19.6. The number of hydrogen-bond donors (Lipinski definition) is 1. The number of nitrogens with one attached hydrogen (secondary N) is 1. The first kappa shape index (κ1) is 19.0. The number of ether oxygens (including phenoxy) is 1. The van der Waals surface area contributed by atoms with Crippen LogP contribution in [0.25, 0.3) is 0 Å². The Kier molecular flexibility index (Phi) is 5.56. The first-order valence-corrected chi connectivity index (χ1v) is 9.21. The third kappa shape index (κ3) is 4.01. The van der Waals surface area contributed by atoms with Crippen molar-refractivity contribution in [2.24, 2.45) is 5.92 Å². The van der Waals surface area contributed by atoms with E-state index in [-0.39, 0.29) is 46.2 Å². The Morgan fingerprint density at radius 3 is 2.96 bits per heavy atom. The Morgan fingerprint density at radius 2 is 2.26 bits per heavy atom. The number of rotatable bonds is 6. The number of nitrogens with zero attached hydrogens (tertiary/aromatic N) is 2. The molecule has 0 saturated heterocycles. The van der Waals surface area contributed by atoms with E-state index >= 15 is 0 Å². The van der Waals surface area contributed by atoms with E-state index in [9.17, 15) is 23.6 Å². The molecule has 1 aliphatic rings. The van der Waals surface area contributed by atoms with Crippen molar-refractivity contribution in [1.82, 2.24) is 9.97 Å². The molecule has 9 heteroatoms. The van der Waals surface area contributed by atoms with Gasteiger partial charge < -0.3 is 9.72 Å². The molecular weight excluding hydrogens is 376 g/mol. The summed E-state index contributed by atoms with van der Waals surface area (Å²) in [6.07, 6.45) is 0.451. The summed E-state index contributed by atoms with van der Waals surface area (Å²) in [7, 11) is 0. The van der Waals surface area contributed by atoms with Crippen molar-refractivity contribution in [2.45, 2.75) is 30.2 Å². The van der Waals surface area contributed by atoms with Gasteiger partial charge >= 0.3 is 5.97 Å². The highest BCUT2D eigenvalue weighted by atomic mass is 32.2. The number of H-pyrrole nitrogens is 1. The van der Waals surface area contributed by atoms with Crippen molar-refractivity contribution in [2.75, 3.05) is 6.61 Å². The average molecular weight is 391 g/mol. The Balaban J connectivity index is 1.83. The largest absolute Gasteiger partial charge is 0.466 e. The lowest BCUT2D eigenvalue weighted by atomic mass is 10.1. The summed E-state index contributed by atoms with van der Waals surface area (Å²) in [6.45, 7) is 1.94. The van der Waals surface area contributed by atoms with Crippen LogP contribution in [0.4, 0.5) is 8.78 Å². The number of aromatic nitrogens is 2. The lowest BCUT2D eigenvalue weighted by Gasteiger charge is -2.07. The number of carbonyl (C=O) groups is 1. The summed E-state index contributed by atoms with van der Waals surface area (Å²) in [5, 5.41) is 9.42. The van der Waals surface area contributed by atoms with Gasteiger partial charge in [0, 0.05) is 17.2 Å². The van der Waals surface area contributed by atoms with E-state index < -0.39 is 23.1 Å². The number of thioether (sulfide) groups is 1. The van der Waals surface area contributed by atoms with E-state index in [1.54, 1.807) is 6.92 Å². The molecule has 0 aliphatic heterocycles. The number of hydrogen-bond acceptors (Lipinski definition) is 6. The second-order valence-corrected chi connectivity index (χ2v) is 6.91. The molecule has 1 N–H and O–H groups in total. The number of halogens is 2. The van der Waals surface area contributed by atoms with E-state index in [0.717, 1.165) is 17.8 Å². The molecule has 2 atom stereocenters. The van der Waals surface area contributed by atoms with Crippen LogP contribution in [0.5, 0.6) is 0 Å². The lowest BCUT2D eigenvalue weighted by Crippen LogP contribution is -2.17. The number of nitriles is 1. The van der Waals surface area contributed by atoms with E-state index in [4.69, 9.17) is 4.74 Å². The topological polar surface area (TPSA) is 95.8 Å². The fourth-order valence-electron chi connectivity index (χ4n) is 2.73. The predicted molar refractivity (Wildman–Crippen MR) is 93.0 cm³/mol. The molecule has 2 aromatic rings. The van der Waals surface area contributed by atoms with Gasteiger partial charge in [-0.3, -0.25) is 9.59 Å². The Labute approximate surface area is 157 Å². The van der Waals surface area contributed by atoms with Crippen molar-refractivity contribution in [3.05, 3.63) is 57.0 Å². The molecule has 1 fully saturated rings. The van der Waals surface area contributed by atoms with Crippen LogP contribution in [0.3, 0.4) is 0 Å². The van der Waals surface area contributed by atoms with Gasteiger partial charge in [0.15, 0.2) is 16.8 Å². The molecule has 0 radical (unpaired) electrons. The highest BCUT2D eigenvalue weighted by Crippen LogP contribution is 2.48. The number of carbonyl (C=O) groups excluding carboxylic acids is 1. The van der Waals surface area contributed by atoms with Crippen LogP contribution in [0.1, 0.15) is 36.1 Å². The van der Waals surface area contributed by atoms with Crippen LogP contribution < -0.4 is 5.56 Å². The van der Waals surface area contributed by atoms with Gasteiger partial charge in [-0.2, -0.15) is 5.26 Å². The molecule has 1 aromatic carbocycles. The summed E-state index contributed by atoms with van der Waals surface area (Å²) < 4.78 is 32.0. The molecule has 6 nitrogen and oxygen atoms in total. The van der Waals surface area contributed by atoms with Gasteiger partial charge in [-0.25, -0.2) is 13.8 Å². The molecule has 0 bridgehead atoms. The van der Waals surface area contributed by atoms with Crippen molar-refractivity contribution in [3.63, 3.8) is 0 Å². The highest BCUT2D eigenvalue weighted by molar-refractivity contribution is 7.98. The van der Waals surface area contributed by atoms with Crippen LogP contribution in [0.2, 0.25) is 0 Å². The summed E-state index contributed by atoms with van der Waals surface area (Å²) in [6, 6.07) is 5.66. The molecule has 140 valence electrons. The zero-order valence-corrected chi connectivity index (χ0v) is 15.1. The van der Waals surface area contributed by atoms with Gasteiger partial charge in [0.25, 0.3) is 5.56 Å². The molecule has 1 heterocycles. The SMILES string of the molecule is CCOC(=O)[C@@H]1C[C@H]1c1nc(SCc2cccc(F)c2F)[nH]c(=O)c1C#N. The van der Waals surface area contributed by atoms with E-state index in [0.29, 0.717) is 6.42 Å². The van der Waals surface area contributed by atoms with Crippen LogP contribution in [0.15, 0.2) is 28.2 Å². The average Bonchev–Trinajstić information content (AvgIpc) is 3.43. The van der Waals surface area contributed by atoms with Crippen LogP contribution in [-0.2, 0) is 15.3 Å². The van der Waals surface area contributed by atoms with Gasteiger partial charge in [0.1, 0.15) is 11.6 Å². The minimum atomic E-state index is -0.953. The summed E-state index contributed by atoms with van der Waals surface area (Å²) in [4.78, 5) is 30.8. The van der Waals surface area contributed by atoms with Crippen molar-refractivity contribution in [3.8, 4) is 6.07 Å². The molecular formula is C18H15F2N3O3S. The van der Waals surface area contributed by atoms with Gasteiger partial charge in [0.05, 0.1) is 18.2 Å². The normalized spacial score (nSPS) is 18.0. The maximum Gasteiger partial charge on any atom is 0.309 e. The fraction of sp³-hybridized carbons (Fsp3) is 0.333. The fourth-order valence-corrected chi connectivity index (χ4v) is 3.57. The monoisotopic (exact) mass is 391 g/mol. The molecule has 3 rings (SSSR count). The minimum absolute atomic E-state index is 0.0455. The predicted octanol–water partition coefficient (Wildman–Crippen LogP) is 2.88. The smallest absolute Gasteiger partial charge is 0.309 e. The second kappa shape index (κ2) is 7.88. The quantitative estimate of drug-likeness (QED) is 0.462. The van der Waals surface area contributed by atoms with E-state index in [1.807, 2.05) is 6.07 Å². The number of benzene rings is 1. The standard InChI is InChI=1S/C18H15F2N3O3S/c1-2-26-17(25)11-6-10(11)15-12(7-21)16(24)23-18(22-15)27-8-9-4-3-5-13(19)14(9)20/h3-5,10-11H,2,6,8H2,1H3,(H,22,23,24)/t10-,11-/m1/s1. The van der Waals surface area contributed by atoms with Gasteiger partial charge in [-0.1, -0.05) is 23.9 Å². The van der Waals surface area contributed by atoms with Crippen LogP contribution in [0, 0.1) is 28.9 Å². The third-order valence-electron chi connectivity index (χ3n) is 4.16. The number of aromatic amines is 1. The molecule has 0 unspecified atom stereocenters. The van der Waals surface area contributed by atoms with Crippen molar-refractivity contribution >= 4 is 17.7 Å². The maximum absolute atomic E-state index is 13.8. The molecule has 1 aliphatic carbocycles. The number of esters is 1. The first-order chi connectivity index (χ1) is 13.0. The van der Waals surface area contributed by atoms with Crippen LogP contribution >= 0.6 is 11.8 Å². The van der Waals surface area contributed by atoms with Gasteiger partial charge in [0.2, 0.25) is 0 Å². The lowest BCUT2D eigenvalue weighted by molar-refractivity contribution is -0.144. The highest BCUT2D eigenvalue weighted by Gasteiger charge is 2.47. The summed E-state index contributed by atoms with van der Waals surface area (Å²) >= 11 is 1.01. The molecule has 1 saturated carbocycles. The van der Waals surface area contributed by atoms with E-state index in [2.05, 4.69) is 9.97 Å². The Morgan fingerprint density at radius 1 is 1.48 bits per heavy atom. The zero-order valence-electron chi connectivity index (χ0n) is 14.3. The third-order valence-corrected chi connectivity index (χ3v) is 5.09. The maximum atomic E-state index is 13.8. The second-order valence-electron chi connectivity index (χ2n) is 5.95. The Bertz CT molecular complexity index is 987. The summed E-state index contributed by atoms with van der Waals surface area (Å²) in [5.41, 5.74) is -0.404. The molecule has 27 heavy (non-hydrogen) atoms. The van der Waals surface area contributed by atoms with Crippen molar-refractivity contribution in [1.29, 1.82) is 5.26 Å². The van der Waals surface area contributed by atoms with Gasteiger partial charge in [-0.05, 0) is 19.4 Å². The molecule has 0 amide bonds. The first-order valence-electron chi connectivity index (χ1n) is 8.22. The van der Waals surface area contributed by atoms with Crippen molar-refractivity contribution < 1.29 is 18.3 Å². The van der Waals surface area contributed by atoms with Gasteiger partial charge in [-0.15, -0.1) is 0 Å².